The number of rotatable bonds is 3. The third-order valence-electron chi connectivity index (χ3n) is 2.87. The highest BCUT2D eigenvalue weighted by Gasteiger charge is 2.14. The maximum Gasteiger partial charge on any atom is 0.103 e. The molecule has 1 saturated heterocycles. The van der Waals surface area contributed by atoms with E-state index < -0.39 is 0 Å². The number of halogens is 1. The first kappa shape index (κ1) is 11.4. The highest BCUT2D eigenvalue weighted by atomic mass is 79.9. The van der Waals surface area contributed by atoms with E-state index in [9.17, 15) is 0 Å². The second kappa shape index (κ2) is 5.33. The van der Waals surface area contributed by atoms with Crippen molar-refractivity contribution in [3.05, 3.63) is 28.2 Å². The minimum Gasteiger partial charge on any atom is -0.384 e. The molecule has 0 bridgehead atoms. The van der Waals surface area contributed by atoms with Crippen LogP contribution in [0.5, 0.6) is 0 Å². The molecular weight excluding hydrogens is 266 g/mol. The van der Waals surface area contributed by atoms with Gasteiger partial charge in [0.25, 0.3) is 0 Å². The lowest BCUT2D eigenvalue weighted by Gasteiger charge is -2.12. The summed E-state index contributed by atoms with van der Waals surface area (Å²) < 4.78 is 0.851. The summed E-state index contributed by atoms with van der Waals surface area (Å²) in [4.78, 5) is 0. The first-order valence-electron chi connectivity index (χ1n) is 5.44. The average Bonchev–Trinajstić information content (AvgIpc) is 2.79. The van der Waals surface area contributed by atoms with Gasteiger partial charge in [0, 0.05) is 11.0 Å². The molecule has 1 aliphatic heterocycles. The summed E-state index contributed by atoms with van der Waals surface area (Å²) in [6, 6.07) is 8.00. The molecule has 0 spiro atoms. The highest BCUT2D eigenvalue weighted by molar-refractivity contribution is 9.10. The predicted molar refractivity (Wildman–Crippen MR) is 68.3 cm³/mol. The van der Waals surface area contributed by atoms with Gasteiger partial charge in [-0.2, -0.15) is 5.26 Å². The number of hydrogen-bond acceptors (Lipinski definition) is 3. The summed E-state index contributed by atoms with van der Waals surface area (Å²) in [5.74, 6) is 0.672. The molecule has 0 aliphatic carbocycles. The van der Waals surface area contributed by atoms with Gasteiger partial charge in [-0.3, -0.25) is 0 Å². The Hall–Kier alpha value is -1.05. The molecule has 0 amide bonds. The summed E-state index contributed by atoms with van der Waals surface area (Å²) in [6.45, 7) is 3.11. The van der Waals surface area contributed by atoms with Gasteiger partial charge in [-0.1, -0.05) is 6.07 Å². The zero-order chi connectivity index (χ0) is 11.4. The topological polar surface area (TPSA) is 47.9 Å². The lowest BCUT2D eigenvalue weighted by atomic mass is 10.1. The van der Waals surface area contributed by atoms with Crippen LogP contribution in [0.25, 0.3) is 0 Å². The molecule has 1 unspecified atom stereocenters. The van der Waals surface area contributed by atoms with Crippen LogP contribution in [0.2, 0.25) is 0 Å². The molecule has 2 rings (SSSR count). The Bertz CT molecular complexity index is 405. The molecule has 3 nitrogen and oxygen atoms in total. The summed E-state index contributed by atoms with van der Waals surface area (Å²) >= 11 is 3.39. The number of hydrogen-bond donors (Lipinski definition) is 2. The van der Waals surface area contributed by atoms with E-state index in [0.717, 1.165) is 29.8 Å². The maximum absolute atomic E-state index is 9.06. The smallest absolute Gasteiger partial charge is 0.103 e. The van der Waals surface area contributed by atoms with E-state index in [1.54, 1.807) is 0 Å². The number of nitrogens with one attached hydrogen (secondary N) is 2. The van der Waals surface area contributed by atoms with Crippen molar-refractivity contribution >= 4 is 21.6 Å². The molecule has 0 aromatic heterocycles. The molecule has 1 aromatic rings. The molecular formula is C12H14BrN3. The van der Waals surface area contributed by atoms with E-state index in [1.165, 1.54) is 6.42 Å². The molecule has 1 aliphatic rings. The van der Waals surface area contributed by atoms with Crippen LogP contribution in [0.3, 0.4) is 0 Å². The monoisotopic (exact) mass is 279 g/mol. The van der Waals surface area contributed by atoms with Crippen LogP contribution in [0.1, 0.15) is 12.0 Å². The third kappa shape index (κ3) is 2.55. The van der Waals surface area contributed by atoms with Crippen LogP contribution in [0, 0.1) is 17.2 Å². The Kier molecular flexibility index (Phi) is 3.81. The average molecular weight is 280 g/mol. The largest absolute Gasteiger partial charge is 0.384 e. The van der Waals surface area contributed by atoms with E-state index in [0.29, 0.717) is 11.5 Å². The fourth-order valence-electron chi connectivity index (χ4n) is 1.93. The van der Waals surface area contributed by atoms with Gasteiger partial charge in [-0.25, -0.2) is 0 Å². The molecule has 1 aromatic carbocycles. The predicted octanol–water partition coefficient (Wildman–Crippen LogP) is 2.34. The van der Waals surface area contributed by atoms with Gasteiger partial charge < -0.3 is 10.6 Å². The van der Waals surface area contributed by atoms with E-state index >= 15 is 0 Å². The zero-order valence-electron chi connectivity index (χ0n) is 8.96. The van der Waals surface area contributed by atoms with Gasteiger partial charge in [0.2, 0.25) is 0 Å². The fourth-order valence-corrected chi connectivity index (χ4v) is 2.38. The normalized spacial score (nSPS) is 19.4. The maximum atomic E-state index is 9.06. The SMILES string of the molecule is N#Cc1c(Br)cccc1NCC1CCNC1. The zero-order valence-corrected chi connectivity index (χ0v) is 10.5. The lowest BCUT2D eigenvalue weighted by molar-refractivity contribution is 0.615. The Morgan fingerprint density at radius 1 is 1.56 bits per heavy atom. The van der Waals surface area contributed by atoms with Crippen molar-refractivity contribution in [2.75, 3.05) is 25.0 Å². The molecule has 84 valence electrons. The van der Waals surface area contributed by atoms with Crippen molar-refractivity contribution in [2.45, 2.75) is 6.42 Å². The summed E-state index contributed by atoms with van der Waals surface area (Å²) in [5, 5.41) is 15.7. The molecule has 4 heteroatoms. The quantitative estimate of drug-likeness (QED) is 0.893. The summed E-state index contributed by atoms with van der Waals surface area (Å²) in [6.07, 6.45) is 1.21. The van der Waals surface area contributed by atoms with Crippen molar-refractivity contribution < 1.29 is 0 Å². The molecule has 16 heavy (non-hydrogen) atoms. The molecule has 1 heterocycles. The van der Waals surface area contributed by atoms with Crippen LogP contribution < -0.4 is 10.6 Å². The number of nitrogens with zero attached hydrogens (tertiary/aromatic N) is 1. The van der Waals surface area contributed by atoms with Crippen LogP contribution in [0.4, 0.5) is 5.69 Å². The summed E-state index contributed by atoms with van der Waals surface area (Å²) in [5.41, 5.74) is 1.61. The van der Waals surface area contributed by atoms with Crippen molar-refractivity contribution in [1.82, 2.24) is 5.32 Å². The summed E-state index contributed by atoms with van der Waals surface area (Å²) in [7, 11) is 0. The van der Waals surface area contributed by atoms with Crippen LogP contribution in [-0.4, -0.2) is 19.6 Å². The van der Waals surface area contributed by atoms with Gasteiger partial charge >= 0.3 is 0 Å². The standard InChI is InChI=1S/C12H14BrN3/c13-11-2-1-3-12(10(11)6-14)16-8-9-4-5-15-7-9/h1-3,9,15-16H,4-5,7-8H2. The fraction of sp³-hybridized carbons (Fsp3) is 0.417. The number of benzene rings is 1. The molecule has 1 fully saturated rings. The van der Waals surface area contributed by atoms with Crippen molar-refractivity contribution in [3.8, 4) is 6.07 Å². The van der Waals surface area contributed by atoms with Crippen LogP contribution in [0.15, 0.2) is 22.7 Å². The van der Waals surface area contributed by atoms with E-state index in [4.69, 9.17) is 5.26 Å². The second-order valence-electron chi connectivity index (χ2n) is 4.01. The second-order valence-corrected chi connectivity index (χ2v) is 4.87. The van der Waals surface area contributed by atoms with Crippen molar-refractivity contribution in [1.29, 1.82) is 5.26 Å². The van der Waals surface area contributed by atoms with Gasteiger partial charge in [-0.15, -0.1) is 0 Å². The molecule has 2 N–H and O–H groups in total. The highest BCUT2D eigenvalue weighted by Crippen LogP contribution is 2.24. The van der Waals surface area contributed by atoms with E-state index in [-0.39, 0.29) is 0 Å². The molecule has 0 saturated carbocycles. The van der Waals surface area contributed by atoms with Gasteiger partial charge in [0.05, 0.1) is 11.3 Å². The van der Waals surface area contributed by atoms with E-state index in [2.05, 4.69) is 32.6 Å². The minimum absolute atomic E-state index is 0.672. The number of anilines is 1. The van der Waals surface area contributed by atoms with Crippen LogP contribution in [-0.2, 0) is 0 Å². The minimum atomic E-state index is 0.672. The van der Waals surface area contributed by atoms with Crippen LogP contribution >= 0.6 is 15.9 Å². The molecule has 0 radical (unpaired) electrons. The lowest BCUT2D eigenvalue weighted by Crippen LogP contribution is -2.17. The Balaban J connectivity index is 2.03. The Labute approximate surface area is 104 Å². The van der Waals surface area contributed by atoms with Gasteiger partial charge in [-0.05, 0) is 53.5 Å². The van der Waals surface area contributed by atoms with Gasteiger partial charge in [0.15, 0.2) is 0 Å². The van der Waals surface area contributed by atoms with Crippen molar-refractivity contribution in [3.63, 3.8) is 0 Å². The third-order valence-corrected chi connectivity index (χ3v) is 3.53. The Morgan fingerprint density at radius 2 is 2.44 bits per heavy atom. The Morgan fingerprint density at radius 3 is 3.12 bits per heavy atom. The van der Waals surface area contributed by atoms with Gasteiger partial charge in [0.1, 0.15) is 6.07 Å². The first-order chi connectivity index (χ1) is 7.81. The van der Waals surface area contributed by atoms with E-state index in [1.807, 2.05) is 18.2 Å². The first-order valence-corrected chi connectivity index (χ1v) is 6.24. The van der Waals surface area contributed by atoms with Crippen molar-refractivity contribution in [2.24, 2.45) is 5.92 Å². The molecule has 1 atom stereocenters. The number of nitriles is 1.